The van der Waals surface area contributed by atoms with E-state index in [2.05, 4.69) is 46.2 Å². The van der Waals surface area contributed by atoms with Crippen LogP contribution in [-0.2, 0) is 15.0 Å². The highest BCUT2D eigenvalue weighted by atomic mass is 16.4. The predicted octanol–water partition coefficient (Wildman–Crippen LogP) is 3.86. The molecular formula is C34H42N4O4. The van der Waals surface area contributed by atoms with Crippen LogP contribution < -0.4 is 4.90 Å². The Hall–Kier alpha value is -3.72. The number of hydrogen-bond donors (Lipinski definition) is 2. The van der Waals surface area contributed by atoms with Crippen LogP contribution in [-0.4, -0.2) is 95.5 Å². The molecule has 2 N–H and O–H groups in total. The summed E-state index contributed by atoms with van der Waals surface area (Å²) in [5, 5.41) is 20.9. The smallest absolute Gasteiger partial charge is 0.304 e. The second kappa shape index (κ2) is 12.7. The lowest BCUT2D eigenvalue weighted by Gasteiger charge is -2.47. The zero-order chi connectivity index (χ0) is 29.7. The molecule has 0 radical (unpaired) electrons. The molecule has 0 aromatic heterocycles. The van der Waals surface area contributed by atoms with E-state index in [0.29, 0.717) is 19.6 Å². The van der Waals surface area contributed by atoms with Gasteiger partial charge >= 0.3 is 5.97 Å². The molecule has 0 saturated carbocycles. The van der Waals surface area contributed by atoms with Gasteiger partial charge in [-0.15, -0.1) is 0 Å². The SMILES string of the molecule is CN(C)C(=O)C(CCN1CCC2(CC1)C(O)N(CCC(=O)O)CN2c1ccccc1)(c1ccccc1)c1ccccc1. The van der Waals surface area contributed by atoms with Crippen LogP contribution in [0.15, 0.2) is 91.0 Å². The number of aliphatic hydroxyl groups is 1. The summed E-state index contributed by atoms with van der Waals surface area (Å²) in [5.74, 6) is -0.805. The third-order valence-corrected chi connectivity index (χ3v) is 9.20. The van der Waals surface area contributed by atoms with E-state index in [1.807, 2.05) is 73.6 Å². The summed E-state index contributed by atoms with van der Waals surface area (Å²) in [7, 11) is 3.65. The van der Waals surface area contributed by atoms with Crippen molar-refractivity contribution in [2.24, 2.45) is 0 Å². The van der Waals surface area contributed by atoms with E-state index in [4.69, 9.17) is 0 Å². The molecule has 2 fully saturated rings. The molecule has 42 heavy (non-hydrogen) atoms. The Balaban J connectivity index is 1.39. The Kier molecular flexibility index (Phi) is 8.96. The number of carbonyl (C=O) groups excluding carboxylic acids is 1. The van der Waals surface area contributed by atoms with Crippen molar-refractivity contribution in [1.29, 1.82) is 0 Å². The average molecular weight is 571 g/mol. The van der Waals surface area contributed by atoms with Crippen LogP contribution in [0.5, 0.6) is 0 Å². The second-order valence-electron chi connectivity index (χ2n) is 11.8. The fraction of sp³-hybridized carbons (Fsp3) is 0.412. The van der Waals surface area contributed by atoms with Crippen molar-refractivity contribution in [3.05, 3.63) is 102 Å². The number of carbonyl (C=O) groups is 2. The quantitative estimate of drug-likeness (QED) is 0.383. The molecule has 3 aromatic rings. The van der Waals surface area contributed by atoms with Gasteiger partial charge in [-0.05, 0) is 49.1 Å². The first-order valence-electron chi connectivity index (χ1n) is 14.8. The number of para-hydroxylation sites is 1. The zero-order valence-electron chi connectivity index (χ0n) is 24.6. The Morgan fingerprint density at radius 1 is 0.857 bits per heavy atom. The molecule has 5 rings (SSSR count). The number of benzene rings is 3. The number of aliphatic carboxylic acids is 1. The van der Waals surface area contributed by atoms with Crippen molar-refractivity contribution >= 4 is 17.6 Å². The lowest BCUT2D eigenvalue weighted by molar-refractivity contribution is -0.138. The fourth-order valence-electron chi connectivity index (χ4n) is 6.91. The highest BCUT2D eigenvalue weighted by Crippen LogP contribution is 2.43. The van der Waals surface area contributed by atoms with Gasteiger partial charge < -0.3 is 24.9 Å². The first kappa shape index (κ1) is 29.8. The van der Waals surface area contributed by atoms with Gasteiger partial charge in [-0.1, -0.05) is 78.9 Å². The van der Waals surface area contributed by atoms with Gasteiger partial charge in [0.1, 0.15) is 11.6 Å². The van der Waals surface area contributed by atoms with Gasteiger partial charge in [0.25, 0.3) is 0 Å². The fourth-order valence-corrected chi connectivity index (χ4v) is 6.91. The lowest BCUT2D eigenvalue weighted by atomic mass is 9.70. The molecule has 0 aliphatic carbocycles. The number of nitrogens with zero attached hydrogens (tertiary/aromatic N) is 4. The number of aliphatic hydroxyl groups excluding tert-OH is 1. The summed E-state index contributed by atoms with van der Waals surface area (Å²) in [5.41, 5.74) is 1.67. The monoisotopic (exact) mass is 570 g/mol. The summed E-state index contributed by atoms with van der Waals surface area (Å²) >= 11 is 0. The van der Waals surface area contributed by atoms with Crippen molar-refractivity contribution < 1.29 is 19.8 Å². The summed E-state index contributed by atoms with van der Waals surface area (Å²) < 4.78 is 0. The predicted molar refractivity (Wildman–Crippen MR) is 164 cm³/mol. The molecule has 1 atom stereocenters. The van der Waals surface area contributed by atoms with Gasteiger partial charge in [0.15, 0.2) is 0 Å². The van der Waals surface area contributed by atoms with Gasteiger partial charge in [0.05, 0.1) is 18.6 Å². The summed E-state index contributed by atoms with van der Waals surface area (Å²) in [6.45, 7) is 3.05. The maximum absolute atomic E-state index is 14.1. The molecule has 1 spiro atoms. The van der Waals surface area contributed by atoms with E-state index in [9.17, 15) is 19.8 Å². The van der Waals surface area contributed by atoms with Crippen molar-refractivity contribution in [2.75, 3.05) is 51.8 Å². The van der Waals surface area contributed by atoms with E-state index in [0.717, 1.165) is 49.3 Å². The van der Waals surface area contributed by atoms with Gasteiger partial charge in [0.2, 0.25) is 5.91 Å². The molecular weight excluding hydrogens is 528 g/mol. The topological polar surface area (TPSA) is 87.6 Å². The Morgan fingerprint density at radius 3 is 1.88 bits per heavy atom. The molecule has 2 heterocycles. The zero-order valence-corrected chi connectivity index (χ0v) is 24.6. The average Bonchev–Trinajstić information content (AvgIpc) is 3.29. The van der Waals surface area contributed by atoms with Gasteiger partial charge in [-0.2, -0.15) is 0 Å². The van der Waals surface area contributed by atoms with Gasteiger partial charge in [-0.3, -0.25) is 14.5 Å². The van der Waals surface area contributed by atoms with Crippen LogP contribution in [0.1, 0.15) is 36.8 Å². The number of carboxylic acid groups (broad SMARTS) is 1. The van der Waals surface area contributed by atoms with Crippen molar-refractivity contribution in [3.8, 4) is 0 Å². The minimum atomic E-state index is -0.864. The second-order valence-corrected chi connectivity index (χ2v) is 11.8. The lowest BCUT2D eigenvalue weighted by Crippen LogP contribution is -2.58. The van der Waals surface area contributed by atoms with Crippen LogP contribution in [0.4, 0.5) is 5.69 Å². The number of piperidine rings is 1. The summed E-state index contributed by atoms with van der Waals surface area (Å²) in [6.07, 6.45) is 1.32. The first-order chi connectivity index (χ1) is 20.3. The Labute approximate surface area is 248 Å². The normalized spacial score (nSPS) is 19.2. The molecule has 222 valence electrons. The maximum atomic E-state index is 14.1. The largest absolute Gasteiger partial charge is 0.481 e. The van der Waals surface area contributed by atoms with E-state index in [1.54, 1.807) is 4.90 Å². The summed E-state index contributed by atoms with van der Waals surface area (Å²) in [4.78, 5) is 33.6. The summed E-state index contributed by atoms with van der Waals surface area (Å²) in [6, 6.07) is 30.3. The standard InChI is InChI=1S/C34H42N4O4/c1-35(2)32(42)34(27-12-6-3-7-13-27,28-14-8-4-9-15-28)21-25-36-23-19-33(20-24-36)31(41)37(22-18-30(39)40)26-38(33)29-16-10-5-11-17-29/h3-17,31,41H,18-26H2,1-2H3,(H,39,40). The van der Waals surface area contributed by atoms with E-state index >= 15 is 0 Å². The third-order valence-electron chi connectivity index (χ3n) is 9.20. The van der Waals surface area contributed by atoms with Crippen molar-refractivity contribution in [3.63, 3.8) is 0 Å². The van der Waals surface area contributed by atoms with Crippen LogP contribution >= 0.6 is 0 Å². The van der Waals surface area contributed by atoms with Crippen molar-refractivity contribution in [2.45, 2.75) is 42.9 Å². The molecule has 3 aromatic carbocycles. The minimum absolute atomic E-state index is 0.0111. The number of likely N-dealkylation sites (N-methyl/N-ethyl adjacent to an activating group) is 1. The molecule has 2 saturated heterocycles. The maximum Gasteiger partial charge on any atom is 0.304 e. The third kappa shape index (κ3) is 5.67. The number of carboxylic acids is 1. The highest BCUT2D eigenvalue weighted by molar-refractivity contribution is 5.92. The molecule has 8 nitrogen and oxygen atoms in total. The van der Waals surface area contributed by atoms with Crippen LogP contribution in [0, 0.1) is 0 Å². The van der Waals surface area contributed by atoms with E-state index < -0.39 is 23.2 Å². The molecule has 0 bridgehead atoms. The van der Waals surface area contributed by atoms with Crippen LogP contribution in [0.2, 0.25) is 0 Å². The van der Waals surface area contributed by atoms with Gasteiger partial charge in [-0.25, -0.2) is 0 Å². The van der Waals surface area contributed by atoms with Crippen molar-refractivity contribution in [1.82, 2.24) is 14.7 Å². The Bertz CT molecular complexity index is 1290. The van der Waals surface area contributed by atoms with Crippen LogP contribution in [0.3, 0.4) is 0 Å². The molecule has 8 heteroatoms. The molecule has 2 aliphatic heterocycles. The number of rotatable bonds is 10. The molecule has 1 unspecified atom stereocenters. The minimum Gasteiger partial charge on any atom is -0.481 e. The van der Waals surface area contributed by atoms with Crippen LogP contribution in [0.25, 0.3) is 0 Å². The number of anilines is 1. The number of amides is 1. The molecule has 2 aliphatic rings. The van der Waals surface area contributed by atoms with Gasteiger partial charge in [0, 0.05) is 39.4 Å². The first-order valence-corrected chi connectivity index (χ1v) is 14.8. The highest BCUT2D eigenvalue weighted by Gasteiger charge is 2.53. The van der Waals surface area contributed by atoms with E-state index in [-0.39, 0.29) is 12.3 Å². The Morgan fingerprint density at radius 2 is 1.38 bits per heavy atom. The van der Waals surface area contributed by atoms with E-state index in [1.165, 1.54) is 0 Å². The number of hydrogen-bond acceptors (Lipinski definition) is 6. The number of likely N-dealkylation sites (tertiary alicyclic amines) is 1. The molecule has 1 amide bonds.